The van der Waals surface area contributed by atoms with E-state index in [-0.39, 0.29) is 25.0 Å². The van der Waals surface area contributed by atoms with Crippen molar-refractivity contribution in [2.75, 3.05) is 32.1 Å². The molecule has 33 heavy (non-hydrogen) atoms. The van der Waals surface area contributed by atoms with Crippen LogP contribution < -0.4 is 15.4 Å². The summed E-state index contributed by atoms with van der Waals surface area (Å²) in [6.45, 7) is 9.87. The number of aromatic nitrogens is 3. The van der Waals surface area contributed by atoms with Gasteiger partial charge in [-0.2, -0.15) is 4.98 Å². The Hall–Kier alpha value is -3.01. The Morgan fingerprint density at radius 3 is 2.73 bits per heavy atom. The molecule has 9 nitrogen and oxygen atoms in total. The largest absolute Gasteiger partial charge is 0.476 e. The molecule has 1 aliphatic carbocycles. The van der Waals surface area contributed by atoms with Gasteiger partial charge in [0.1, 0.15) is 18.2 Å². The molecule has 180 valence electrons. The van der Waals surface area contributed by atoms with E-state index in [0.29, 0.717) is 36.4 Å². The van der Waals surface area contributed by atoms with Crippen LogP contribution in [0, 0.1) is 0 Å². The van der Waals surface area contributed by atoms with Crippen molar-refractivity contribution < 1.29 is 14.3 Å². The highest BCUT2D eigenvalue weighted by molar-refractivity contribution is 7.15. The van der Waals surface area contributed by atoms with Gasteiger partial charge in [-0.15, -0.1) is 11.3 Å². The minimum absolute atomic E-state index is 0.0386. The molecule has 2 N–H and O–H groups in total. The van der Waals surface area contributed by atoms with Crippen LogP contribution in [0.2, 0.25) is 0 Å². The van der Waals surface area contributed by atoms with Gasteiger partial charge in [0.15, 0.2) is 5.13 Å². The van der Waals surface area contributed by atoms with Gasteiger partial charge in [-0.25, -0.2) is 9.97 Å². The van der Waals surface area contributed by atoms with Crippen LogP contribution >= 0.6 is 11.3 Å². The third-order valence-corrected chi connectivity index (χ3v) is 6.01. The quantitative estimate of drug-likeness (QED) is 0.378. The lowest BCUT2D eigenvalue weighted by Gasteiger charge is -2.23. The Kier molecular flexibility index (Phi) is 10.8. The number of aryl methyl sites for hydroxylation is 1. The zero-order chi connectivity index (χ0) is 24.2. The highest BCUT2D eigenvalue weighted by Crippen LogP contribution is 2.40. The number of carbonyl (C=O) groups is 2. The minimum Gasteiger partial charge on any atom is -0.476 e. The topological polar surface area (TPSA) is 109 Å². The molecule has 0 unspecified atom stereocenters. The smallest absolute Gasteiger partial charge is 0.246 e. The second kappa shape index (κ2) is 13.5. The van der Waals surface area contributed by atoms with Gasteiger partial charge in [-0.3, -0.25) is 9.59 Å². The second-order valence-electron chi connectivity index (χ2n) is 7.28. The molecule has 3 rings (SSSR count). The number of nitrogens with one attached hydrogen (secondary N) is 2. The van der Waals surface area contributed by atoms with E-state index >= 15 is 0 Å². The Labute approximate surface area is 199 Å². The van der Waals surface area contributed by atoms with Crippen molar-refractivity contribution in [1.29, 1.82) is 0 Å². The molecule has 0 aliphatic heterocycles. The zero-order valence-corrected chi connectivity index (χ0v) is 20.7. The number of hydrogen-bond donors (Lipinski definition) is 2. The highest BCUT2D eigenvalue weighted by atomic mass is 32.1. The molecule has 0 radical (unpaired) electrons. The van der Waals surface area contributed by atoms with Crippen molar-refractivity contribution in [2.45, 2.75) is 52.4 Å². The molecule has 1 fully saturated rings. The van der Waals surface area contributed by atoms with E-state index in [1.807, 2.05) is 27.0 Å². The average molecular weight is 475 g/mol. The Morgan fingerprint density at radius 2 is 2.09 bits per heavy atom. The summed E-state index contributed by atoms with van der Waals surface area (Å²) in [6, 6.07) is 1.72. The number of rotatable bonds is 11. The first-order valence-electron chi connectivity index (χ1n) is 11.4. The van der Waals surface area contributed by atoms with Crippen molar-refractivity contribution in [2.24, 2.45) is 0 Å². The number of thiazole rings is 1. The van der Waals surface area contributed by atoms with Gasteiger partial charge in [0.25, 0.3) is 0 Å². The molecule has 0 atom stereocenters. The van der Waals surface area contributed by atoms with E-state index in [9.17, 15) is 9.59 Å². The van der Waals surface area contributed by atoms with Crippen LogP contribution in [0.25, 0.3) is 0 Å². The fourth-order valence-electron chi connectivity index (χ4n) is 2.96. The lowest BCUT2D eigenvalue weighted by Crippen LogP contribution is -2.39. The number of ether oxygens (including phenoxy) is 1. The fourth-order valence-corrected chi connectivity index (χ4v) is 3.95. The van der Waals surface area contributed by atoms with Gasteiger partial charge in [-0.05, 0) is 24.8 Å². The van der Waals surface area contributed by atoms with Gasteiger partial charge in [-0.1, -0.05) is 33.8 Å². The monoisotopic (exact) mass is 474 g/mol. The third kappa shape index (κ3) is 8.12. The van der Waals surface area contributed by atoms with E-state index in [0.717, 1.165) is 5.13 Å². The summed E-state index contributed by atoms with van der Waals surface area (Å²) >= 11 is 1.66. The Bertz CT molecular complexity index is 929. The molecule has 2 amide bonds. The van der Waals surface area contributed by atoms with Crippen molar-refractivity contribution in [3.8, 4) is 5.88 Å². The number of nitrogens with zero attached hydrogens (tertiary/aromatic N) is 4. The Morgan fingerprint density at radius 1 is 1.33 bits per heavy atom. The number of amides is 2. The summed E-state index contributed by atoms with van der Waals surface area (Å²) < 4.78 is 5.70. The molecule has 1 saturated carbocycles. The molecule has 1 aliphatic rings. The molecule has 2 aromatic heterocycles. The van der Waals surface area contributed by atoms with Crippen molar-refractivity contribution in [3.05, 3.63) is 35.6 Å². The summed E-state index contributed by atoms with van der Waals surface area (Å²) in [6.07, 6.45) is 7.55. The van der Waals surface area contributed by atoms with Crippen molar-refractivity contribution in [3.63, 3.8) is 0 Å². The fraction of sp³-hybridized carbons (Fsp3) is 0.522. The van der Waals surface area contributed by atoms with Crippen LogP contribution in [-0.2, 0) is 16.0 Å². The maximum atomic E-state index is 11.9. The molecule has 2 aromatic rings. The molecule has 0 bridgehead atoms. The summed E-state index contributed by atoms with van der Waals surface area (Å²) in [5.74, 6) is 1.78. The van der Waals surface area contributed by atoms with Gasteiger partial charge >= 0.3 is 0 Å². The summed E-state index contributed by atoms with van der Waals surface area (Å²) in [4.78, 5) is 39.2. The highest BCUT2D eigenvalue weighted by Gasteiger charge is 2.22. The van der Waals surface area contributed by atoms with Crippen LogP contribution in [0.5, 0.6) is 5.88 Å². The Balaban J connectivity index is 0.00000187. The molecule has 0 saturated heterocycles. The maximum Gasteiger partial charge on any atom is 0.246 e. The van der Waals surface area contributed by atoms with Crippen molar-refractivity contribution in [1.82, 2.24) is 25.2 Å². The van der Waals surface area contributed by atoms with E-state index < -0.39 is 0 Å². The number of anilines is 2. The molecule has 2 heterocycles. The second-order valence-corrected chi connectivity index (χ2v) is 8.34. The normalized spacial score (nSPS) is 12.6. The van der Waals surface area contributed by atoms with Crippen LogP contribution in [0.3, 0.4) is 0 Å². The molecular weight excluding hydrogens is 440 g/mol. The van der Waals surface area contributed by atoms with Crippen molar-refractivity contribution >= 4 is 34.1 Å². The maximum absolute atomic E-state index is 11.9. The standard InChI is InChI=1S/C21H28N6O3S.C2H6/c1-4-16-24-17(26-21-23-12-15(31-21)14-7-6-8-14)11-19(25-16)30-10-9-22-18(28)13-27(3)20(29)5-2;1-2/h5,11-12,14H,2,4,6-10,13H2,1,3H3,(H,22,28)(H,23,24,25,26);1-2H3. The summed E-state index contributed by atoms with van der Waals surface area (Å²) in [5, 5.41) is 6.77. The number of hydrogen-bond acceptors (Lipinski definition) is 8. The predicted molar refractivity (Wildman–Crippen MR) is 131 cm³/mol. The van der Waals surface area contributed by atoms with E-state index in [2.05, 4.69) is 32.2 Å². The first-order chi connectivity index (χ1) is 16.0. The molecule has 0 aromatic carbocycles. The minimum atomic E-state index is -0.306. The lowest BCUT2D eigenvalue weighted by molar-refractivity contribution is -0.131. The summed E-state index contributed by atoms with van der Waals surface area (Å²) in [7, 11) is 1.54. The first kappa shape index (κ1) is 26.2. The van der Waals surface area contributed by atoms with Crippen LogP contribution in [0.15, 0.2) is 24.9 Å². The molecule has 10 heteroatoms. The third-order valence-electron chi connectivity index (χ3n) is 4.94. The summed E-state index contributed by atoms with van der Waals surface area (Å²) in [5.41, 5.74) is 0. The van der Waals surface area contributed by atoms with Gasteiger partial charge in [0.2, 0.25) is 17.7 Å². The number of carbonyl (C=O) groups excluding carboxylic acids is 2. The average Bonchev–Trinajstić information content (AvgIpc) is 3.23. The van der Waals surface area contributed by atoms with Gasteiger partial charge < -0.3 is 20.3 Å². The molecular formula is C23H34N6O3S. The zero-order valence-electron chi connectivity index (χ0n) is 19.9. The van der Waals surface area contributed by atoms with Gasteiger partial charge in [0, 0.05) is 30.6 Å². The first-order valence-corrected chi connectivity index (χ1v) is 12.2. The lowest BCUT2D eigenvalue weighted by atomic mass is 9.85. The predicted octanol–water partition coefficient (Wildman–Crippen LogP) is 3.67. The van der Waals surface area contributed by atoms with Gasteiger partial charge in [0.05, 0.1) is 13.1 Å². The van der Waals surface area contributed by atoms with Crippen LogP contribution in [0.1, 0.15) is 56.7 Å². The van der Waals surface area contributed by atoms with E-state index in [1.54, 1.807) is 24.5 Å². The van der Waals surface area contributed by atoms with Crippen LogP contribution in [-0.4, -0.2) is 58.4 Å². The van der Waals surface area contributed by atoms with E-state index in [1.165, 1.54) is 35.1 Å². The van der Waals surface area contributed by atoms with Crippen LogP contribution in [0.4, 0.5) is 10.9 Å². The van der Waals surface area contributed by atoms with E-state index in [4.69, 9.17) is 4.74 Å². The SMILES string of the molecule is C=CC(=O)N(C)CC(=O)NCCOc1cc(Nc2ncc(C3CCC3)s2)nc(CC)n1.CC. The molecule has 0 spiro atoms. The number of likely N-dealkylation sites (N-methyl/N-ethyl adjacent to an activating group) is 1.